The van der Waals surface area contributed by atoms with Crippen LogP contribution in [0.25, 0.3) is 0 Å². The number of nitrogens with zero attached hydrogens (tertiary/aromatic N) is 3. The third kappa shape index (κ3) is 2.43. The van der Waals surface area contributed by atoms with E-state index in [-0.39, 0.29) is 17.5 Å². The van der Waals surface area contributed by atoms with Crippen molar-refractivity contribution in [1.29, 1.82) is 0 Å². The first-order valence-electron chi connectivity index (χ1n) is 7.86. The summed E-state index contributed by atoms with van der Waals surface area (Å²) in [7, 11) is 0. The lowest BCUT2D eigenvalue weighted by atomic mass is 9.81. The van der Waals surface area contributed by atoms with Gasteiger partial charge in [0, 0.05) is 17.7 Å². The van der Waals surface area contributed by atoms with Crippen molar-refractivity contribution in [3.8, 4) is 0 Å². The summed E-state index contributed by atoms with van der Waals surface area (Å²) in [6.45, 7) is 2.06. The minimum absolute atomic E-state index is 0.0948. The average molecular weight is 344 g/mol. The standard InChI is InChI=1S/C17H17FN4OS/c1-9-6-12-14(13(23)7-9)15(10-4-3-5-11(18)8-10)22-16(19-12)20-17(21-22)24-2/h3-5,8-9,15H,6-7H2,1-2H3,(H,19,20,21)/t9-,15-/m0/s1. The number of fused-ring (bicyclic) bond motifs is 1. The molecule has 1 N–H and O–H groups in total. The summed E-state index contributed by atoms with van der Waals surface area (Å²) >= 11 is 1.44. The number of aromatic nitrogens is 3. The molecule has 0 spiro atoms. The van der Waals surface area contributed by atoms with Crippen LogP contribution < -0.4 is 5.32 Å². The molecule has 0 saturated heterocycles. The molecule has 1 aliphatic heterocycles. The van der Waals surface area contributed by atoms with Crippen molar-refractivity contribution in [1.82, 2.24) is 14.8 Å². The van der Waals surface area contributed by atoms with Gasteiger partial charge in [-0.25, -0.2) is 9.07 Å². The number of allylic oxidation sites excluding steroid dienone is 2. The molecule has 5 nitrogen and oxygen atoms in total. The molecule has 4 rings (SSSR count). The molecule has 2 atom stereocenters. The number of halogens is 1. The van der Waals surface area contributed by atoms with Gasteiger partial charge in [0.25, 0.3) is 0 Å². The molecule has 2 aliphatic rings. The van der Waals surface area contributed by atoms with Gasteiger partial charge < -0.3 is 5.32 Å². The minimum atomic E-state index is -0.430. The van der Waals surface area contributed by atoms with E-state index in [4.69, 9.17) is 0 Å². The maximum Gasteiger partial charge on any atom is 0.227 e. The van der Waals surface area contributed by atoms with Crippen LogP contribution in [0.4, 0.5) is 10.3 Å². The minimum Gasteiger partial charge on any atom is -0.328 e. The van der Waals surface area contributed by atoms with E-state index < -0.39 is 6.04 Å². The van der Waals surface area contributed by atoms with Crippen molar-refractivity contribution in [2.75, 3.05) is 11.6 Å². The molecular weight excluding hydrogens is 327 g/mol. The van der Waals surface area contributed by atoms with Crippen molar-refractivity contribution in [3.63, 3.8) is 0 Å². The fraction of sp³-hybridized carbons (Fsp3) is 0.353. The van der Waals surface area contributed by atoms with Crippen LogP contribution >= 0.6 is 11.8 Å². The van der Waals surface area contributed by atoms with Crippen LogP contribution in [0.2, 0.25) is 0 Å². The van der Waals surface area contributed by atoms with Crippen LogP contribution in [-0.2, 0) is 4.79 Å². The first kappa shape index (κ1) is 15.4. The van der Waals surface area contributed by atoms with E-state index in [1.807, 2.05) is 12.3 Å². The summed E-state index contributed by atoms with van der Waals surface area (Å²) < 4.78 is 15.5. The molecule has 1 aromatic heterocycles. The Labute approximate surface area is 143 Å². The largest absolute Gasteiger partial charge is 0.328 e. The Morgan fingerprint density at radius 2 is 2.21 bits per heavy atom. The predicted molar refractivity (Wildman–Crippen MR) is 90.4 cm³/mol. The summed E-state index contributed by atoms with van der Waals surface area (Å²) in [4.78, 5) is 17.2. The Kier molecular flexibility index (Phi) is 3.68. The zero-order chi connectivity index (χ0) is 16.8. The maximum absolute atomic E-state index is 13.8. The van der Waals surface area contributed by atoms with Gasteiger partial charge in [-0.2, -0.15) is 4.98 Å². The smallest absolute Gasteiger partial charge is 0.227 e. The highest BCUT2D eigenvalue weighted by Crippen LogP contribution is 2.41. The van der Waals surface area contributed by atoms with Gasteiger partial charge in [-0.15, -0.1) is 5.10 Å². The molecule has 2 heterocycles. The molecular formula is C17H17FN4OS. The van der Waals surface area contributed by atoms with Crippen molar-refractivity contribution in [2.45, 2.75) is 31.0 Å². The Bertz CT molecular complexity index is 860. The van der Waals surface area contributed by atoms with Crippen molar-refractivity contribution < 1.29 is 9.18 Å². The van der Waals surface area contributed by atoms with Gasteiger partial charge in [0.05, 0.1) is 0 Å². The molecule has 0 radical (unpaired) electrons. The zero-order valence-corrected chi connectivity index (χ0v) is 14.2. The number of thioether (sulfide) groups is 1. The maximum atomic E-state index is 13.8. The van der Waals surface area contributed by atoms with E-state index >= 15 is 0 Å². The van der Waals surface area contributed by atoms with Gasteiger partial charge in [0.2, 0.25) is 11.1 Å². The lowest BCUT2D eigenvalue weighted by molar-refractivity contribution is -0.117. The zero-order valence-electron chi connectivity index (χ0n) is 13.4. The molecule has 2 aromatic rings. The fourth-order valence-corrected chi connectivity index (χ4v) is 3.81. The van der Waals surface area contributed by atoms with E-state index in [0.29, 0.717) is 28.7 Å². The third-order valence-electron chi connectivity index (χ3n) is 4.45. The highest BCUT2D eigenvalue weighted by Gasteiger charge is 2.38. The molecule has 0 bridgehead atoms. The van der Waals surface area contributed by atoms with E-state index in [1.54, 1.807) is 10.7 Å². The molecule has 1 aromatic carbocycles. The van der Waals surface area contributed by atoms with Gasteiger partial charge in [-0.1, -0.05) is 30.8 Å². The second kappa shape index (κ2) is 5.73. The second-order valence-electron chi connectivity index (χ2n) is 6.28. The van der Waals surface area contributed by atoms with E-state index in [9.17, 15) is 9.18 Å². The molecule has 124 valence electrons. The van der Waals surface area contributed by atoms with Gasteiger partial charge in [-0.3, -0.25) is 4.79 Å². The molecule has 1 aliphatic carbocycles. The lowest BCUT2D eigenvalue weighted by Crippen LogP contribution is -2.33. The van der Waals surface area contributed by atoms with Crippen molar-refractivity contribution >= 4 is 23.5 Å². The van der Waals surface area contributed by atoms with Crippen LogP contribution in [0, 0.1) is 11.7 Å². The Balaban J connectivity index is 1.92. The van der Waals surface area contributed by atoms with Crippen LogP contribution in [0.1, 0.15) is 31.4 Å². The number of ketones is 1. The number of Topliss-reactive ketones (excluding diaryl/α,β-unsaturated/α-hetero) is 1. The van der Waals surface area contributed by atoms with Gasteiger partial charge >= 0.3 is 0 Å². The summed E-state index contributed by atoms with van der Waals surface area (Å²) in [5.41, 5.74) is 2.29. The number of carbonyl (C=O) groups is 1. The van der Waals surface area contributed by atoms with E-state index in [2.05, 4.69) is 22.3 Å². The number of rotatable bonds is 2. The molecule has 0 amide bonds. The van der Waals surface area contributed by atoms with Crippen LogP contribution in [-0.4, -0.2) is 26.8 Å². The third-order valence-corrected chi connectivity index (χ3v) is 4.99. The number of anilines is 1. The Morgan fingerprint density at radius 1 is 1.38 bits per heavy atom. The number of carbonyl (C=O) groups excluding carboxylic acids is 1. The summed E-state index contributed by atoms with van der Waals surface area (Å²) in [5.74, 6) is 0.662. The monoisotopic (exact) mass is 344 g/mol. The molecule has 7 heteroatoms. The van der Waals surface area contributed by atoms with Crippen molar-refractivity contribution in [2.24, 2.45) is 5.92 Å². The lowest BCUT2D eigenvalue weighted by Gasteiger charge is -2.34. The van der Waals surface area contributed by atoms with Gasteiger partial charge in [0.1, 0.15) is 11.9 Å². The summed E-state index contributed by atoms with van der Waals surface area (Å²) in [6.07, 6.45) is 3.19. The first-order valence-corrected chi connectivity index (χ1v) is 9.08. The van der Waals surface area contributed by atoms with Gasteiger partial charge in [-0.05, 0) is 36.3 Å². The highest BCUT2D eigenvalue weighted by atomic mass is 32.2. The molecule has 24 heavy (non-hydrogen) atoms. The topological polar surface area (TPSA) is 59.8 Å². The summed E-state index contributed by atoms with van der Waals surface area (Å²) in [5, 5.41) is 8.39. The van der Waals surface area contributed by atoms with Gasteiger partial charge in [0.15, 0.2) is 5.78 Å². The second-order valence-corrected chi connectivity index (χ2v) is 7.05. The Morgan fingerprint density at radius 3 is 2.96 bits per heavy atom. The SMILES string of the molecule is CSc1nc2n(n1)[C@@H](c1cccc(F)c1)C1=C(C[C@H](C)CC1=O)N2. The summed E-state index contributed by atoms with van der Waals surface area (Å²) in [6, 6.07) is 5.94. The number of benzene rings is 1. The van der Waals surface area contributed by atoms with E-state index in [1.165, 1.54) is 23.9 Å². The fourth-order valence-electron chi connectivity index (χ4n) is 3.46. The van der Waals surface area contributed by atoms with Crippen LogP contribution in [0.3, 0.4) is 0 Å². The van der Waals surface area contributed by atoms with Crippen molar-refractivity contribution in [3.05, 3.63) is 46.9 Å². The number of hydrogen-bond donors (Lipinski definition) is 1. The average Bonchev–Trinajstić information content (AvgIpc) is 2.95. The van der Waals surface area contributed by atoms with Crippen LogP contribution in [0.15, 0.2) is 40.7 Å². The first-order chi connectivity index (χ1) is 11.6. The molecule has 0 unspecified atom stereocenters. The van der Waals surface area contributed by atoms with Crippen LogP contribution in [0.5, 0.6) is 0 Å². The Hall–Kier alpha value is -2.15. The number of nitrogens with one attached hydrogen (secondary N) is 1. The molecule has 0 saturated carbocycles. The normalized spacial score (nSPS) is 22.9. The predicted octanol–water partition coefficient (Wildman–Crippen LogP) is 3.41. The molecule has 0 fully saturated rings. The highest BCUT2D eigenvalue weighted by molar-refractivity contribution is 7.98. The quantitative estimate of drug-likeness (QED) is 0.846. The number of hydrogen-bond acceptors (Lipinski definition) is 5. The van der Waals surface area contributed by atoms with E-state index in [0.717, 1.165) is 12.1 Å².